The third kappa shape index (κ3) is 3.39. The molecule has 0 unspecified atom stereocenters. The largest absolute Gasteiger partial charge is 0.375 e. The van der Waals surface area contributed by atoms with E-state index in [0.29, 0.717) is 0 Å². The van der Waals surface area contributed by atoms with Crippen LogP contribution in [0.1, 0.15) is 24.8 Å². The lowest BCUT2D eigenvalue weighted by Crippen LogP contribution is -2.39. The number of pyridine rings is 1. The summed E-state index contributed by atoms with van der Waals surface area (Å²) >= 11 is 0. The fourth-order valence-corrected chi connectivity index (χ4v) is 2.82. The Kier molecular flexibility index (Phi) is 5.97. The van der Waals surface area contributed by atoms with Gasteiger partial charge in [0.05, 0.1) is 0 Å². The normalized spacial score (nSPS) is 20.4. The molecule has 3 fully saturated rings. The Hall–Kier alpha value is -0.730. The zero-order chi connectivity index (χ0) is 10.8. The van der Waals surface area contributed by atoms with Crippen molar-refractivity contribution >= 4 is 24.8 Å². The first-order valence-corrected chi connectivity index (χ1v) is 6.25. The molecule has 0 aliphatic carbocycles. The lowest BCUT2D eigenvalue weighted by atomic mass is 9.85. The van der Waals surface area contributed by atoms with Crippen LogP contribution in [0.3, 0.4) is 0 Å². The van der Waals surface area contributed by atoms with Crippen molar-refractivity contribution in [3.05, 3.63) is 41.9 Å². The topological polar surface area (TPSA) is 16.1 Å². The SMILES string of the molecule is C(Cc1cccnc1)=C1CC2CCN1CC2.Cl.Cl. The number of fused-ring (bicyclic) bond motifs is 3. The lowest BCUT2D eigenvalue weighted by molar-refractivity contribution is 0.160. The minimum Gasteiger partial charge on any atom is -0.375 e. The van der Waals surface area contributed by atoms with Gasteiger partial charge in [0.1, 0.15) is 0 Å². The fourth-order valence-electron chi connectivity index (χ4n) is 2.82. The minimum atomic E-state index is 0. The molecule has 0 atom stereocenters. The summed E-state index contributed by atoms with van der Waals surface area (Å²) in [6.07, 6.45) is 11.4. The van der Waals surface area contributed by atoms with Crippen LogP contribution in [-0.2, 0) is 6.42 Å². The van der Waals surface area contributed by atoms with Crippen LogP contribution in [0.5, 0.6) is 0 Å². The highest BCUT2D eigenvalue weighted by atomic mass is 35.5. The predicted molar refractivity (Wildman–Crippen MR) is 79.4 cm³/mol. The average molecular weight is 287 g/mol. The Labute approximate surface area is 121 Å². The lowest BCUT2D eigenvalue weighted by Gasteiger charge is -2.42. The van der Waals surface area contributed by atoms with Crippen LogP contribution in [0.25, 0.3) is 0 Å². The highest BCUT2D eigenvalue weighted by Gasteiger charge is 2.28. The Morgan fingerprint density at radius 1 is 1.28 bits per heavy atom. The van der Waals surface area contributed by atoms with Gasteiger partial charge in [-0.3, -0.25) is 4.98 Å². The number of nitrogens with zero attached hydrogens (tertiary/aromatic N) is 2. The average Bonchev–Trinajstić information content (AvgIpc) is 2.39. The molecule has 18 heavy (non-hydrogen) atoms. The van der Waals surface area contributed by atoms with Crippen LogP contribution in [0.2, 0.25) is 0 Å². The molecule has 3 aliphatic rings. The monoisotopic (exact) mass is 286 g/mol. The van der Waals surface area contributed by atoms with E-state index in [9.17, 15) is 0 Å². The van der Waals surface area contributed by atoms with E-state index in [4.69, 9.17) is 0 Å². The number of aromatic nitrogens is 1. The summed E-state index contributed by atoms with van der Waals surface area (Å²) in [6, 6.07) is 4.17. The van der Waals surface area contributed by atoms with Gasteiger partial charge >= 0.3 is 0 Å². The summed E-state index contributed by atoms with van der Waals surface area (Å²) < 4.78 is 0. The smallest absolute Gasteiger partial charge is 0.0303 e. The number of allylic oxidation sites excluding steroid dienone is 2. The highest BCUT2D eigenvalue weighted by Crippen LogP contribution is 2.34. The molecule has 4 heteroatoms. The molecule has 4 heterocycles. The van der Waals surface area contributed by atoms with E-state index < -0.39 is 0 Å². The van der Waals surface area contributed by atoms with Crippen LogP contribution >= 0.6 is 24.8 Å². The minimum absolute atomic E-state index is 0. The number of halogens is 2. The molecule has 0 N–H and O–H groups in total. The molecule has 100 valence electrons. The van der Waals surface area contributed by atoms with Crippen LogP contribution in [0, 0.1) is 5.92 Å². The van der Waals surface area contributed by atoms with E-state index in [-0.39, 0.29) is 24.8 Å². The molecule has 0 aromatic carbocycles. The van der Waals surface area contributed by atoms with Gasteiger partial charge < -0.3 is 4.90 Å². The quantitative estimate of drug-likeness (QED) is 0.828. The first-order chi connectivity index (χ1) is 7.92. The van der Waals surface area contributed by atoms with Gasteiger partial charge in [0.15, 0.2) is 0 Å². The van der Waals surface area contributed by atoms with Crippen LogP contribution in [0.4, 0.5) is 0 Å². The van der Waals surface area contributed by atoms with E-state index in [0.717, 1.165) is 12.3 Å². The highest BCUT2D eigenvalue weighted by molar-refractivity contribution is 5.85. The molecule has 1 aromatic heterocycles. The number of hydrogen-bond donors (Lipinski definition) is 0. The van der Waals surface area contributed by atoms with Crippen molar-refractivity contribution in [2.45, 2.75) is 25.7 Å². The summed E-state index contributed by atoms with van der Waals surface area (Å²) in [4.78, 5) is 6.72. The summed E-state index contributed by atoms with van der Waals surface area (Å²) in [5.41, 5.74) is 2.89. The number of hydrogen-bond acceptors (Lipinski definition) is 2. The molecule has 1 aromatic rings. The van der Waals surface area contributed by atoms with E-state index >= 15 is 0 Å². The van der Waals surface area contributed by atoms with Gasteiger partial charge in [0.25, 0.3) is 0 Å². The first-order valence-electron chi connectivity index (χ1n) is 6.25. The molecule has 0 radical (unpaired) electrons. The van der Waals surface area contributed by atoms with Crippen LogP contribution in [-0.4, -0.2) is 23.0 Å². The zero-order valence-corrected chi connectivity index (χ0v) is 12.1. The number of piperidine rings is 3. The number of rotatable bonds is 2. The van der Waals surface area contributed by atoms with Crippen LogP contribution in [0.15, 0.2) is 36.3 Å². The van der Waals surface area contributed by atoms with Crippen LogP contribution < -0.4 is 0 Å². The van der Waals surface area contributed by atoms with Gasteiger partial charge in [-0.1, -0.05) is 12.1 Å². The second-order valence-electron chi connectivity index (χ2n) is 4.90. The summed E-state index contributed by atoms with van der Waals surface area (Å²) in [5, 5.41) is 0. The summed E-state index contributed by atoms with van der Waals surface area (Å²) in [7, 11) is 0. The van der Waals surface area contributed by atoms with Gasteiger partial charge in [-0.05, 0) is 43.2 Å². The molecule has 0 amide bonds. The van der Waals surface area contributed by atoms with E-state index in [1.165, 1.54) is 37.9 Å². The molecule has 2 bridgehead atoms. The van der Waals surface area contributed by atoms with Crippen molar-refractivity contribution in [3.63, 3.8) is 0 Å². The van der Waals surface area contributed by atoms with E-state index in [2.05, 4.69) is 22.0 Å². The predicted octanol–water partition coefficient (Wildman–Crippen LogP) is 3.47. The maximum Gasteiger partial charge on any atom is 0.0303 e. The molecule has 4 rings (SSSR count). The van der Waals surface area contributed by atoms with Gasteiger partial charge in [-0.2, -0.15) is 0 Å². The van der Waals surface area contributed by atoms with Crippen molar-refractivity contribution < 1.29 is 0 Å². The van der Waals surface area contributed by atoms with Gasteiger partial charge in [-0.25, -0.2) is 0 Å². The molecule has 3 aliphatic heterocycles. The third-order valence-corrected chi connectivity index (χ3v) is 3.81. The third-order valence-electron chi connectivity index (χ3n) is 3.81. The second-order valence-corrected chi connectivity index (χ2v) is 4.90. The molecule has 0 spiro atoms. The van der Waals surface area contributed by atoms with Crippen molar-refractivity contribution in [1.29, 1.82) is 0 Å². The maximum absolute atomic E-state index is 4.15. The molecular weight excluding hydrogens is 267 g/mol. The summed E-state index contributed by atoms with van der Waals surface area (Å²) in [5.74, 6) is 0.963. The Morgan fingerprint density at radius 3 is 2.61 bits per heavy atom. The molecule has 0 saturated carbocycles. The van der Waals surface area contributed by atoms with Crippen molar-refractivity contribution in [2.24, 2.45) is 5.92 Å². The van der Waals surface area contributed by atoms with Gasteiger partial charge in [0, 0.05) is 31.2 Å². The van der Waals surface area contributed by atoms with Gasteiger partial charge in [0.2, 0.25) is 0 Å². The van der Waals surface area contributed by atoms with Crippen molar-refractivity contribution in [2.75, 3.05) is 13.1 Å². The molecular formula is C14H20Cl2N2. The summed E-state index contributed by atoms with van der Waals surface area (Å²) in [6.45, 7) is 2.56. The van der Waals surface area contributed by atoms with Crippen molar-refractivity contribution in [3.8, 4) is 0 Å². The first kappa shape index (κ1) is 15.3. The second kappa shape index (κ2) is 7.01. The Balaban J connectivity index is 0.000000810. The van der Waals surface area contributed by atoms with E-state index in [1.807, 2.05) is 18.5 Å². The van der Waals surface area contributed by atoms with Crippen molar-refractivity contribution in [1.82, 2.24) is 9.88 Å². The standard InChI is InChI=1S/C14H18N2.2ClH/c1-2-13(11-15-7-1)3-4-14-10-12-5-8-16(14)9-6-12;;/h1-2,4,7,11-12H,3,5-6,8-10H2;2*1H. The molecule has 3 saturated heterocycles. The maximum atomic E-state index is 4.15. The van der Waals surface area contributed by atoms with E-state index in [1.54, 1.807) is 5.70 Å². The molecule has 2 nitrogen and oxygen atoms in total. The zero-order valence-electron chi connectivity index (χ0n) is 10.4. The Morgan fingerprint density at radius 2 is 2.06 bits per heavy atom. The van der Waals surface area contributed by atoms with Gasteiger partial charge in [-0.15, -0.1) is 24.8 Å². The fraction of sp³-hybridized carbons (Fsp3) is 0.500. The Bertz CT molecular complexity index is 384.